The molecule has 0 amide bonds. The van der Waals surface area contributed by atoms with Gasteiger partial charge in [0.05, 0.1) is 5.56 Å². The molecule has 0 saturated heterocycles. The van der Waals surface area contributed by atoms with Crippen LogP contribution >= 0.6 is 23.6 Å². The van der Waals surface area contributed by atoms with Gasteiger partial charge in [0.15, 0.2) is 5.11 Å². The standard InChI is InChI=1S/C16H16N2O2S2/c19-15(20)13-11-8-4-5-9-12(11)22-14(13)18-16(21)17-10-6-2-1-3-7-10/h1-3,6-7H,4-5,8-9H2,(H,19,20)(H2,17,18,21). The second kappa shape index (κ2) is 6.46. The van der Waals surface area contributed by atoms with Gasteiger partial charge in [0.1, 0.15) is 5.00 Å². The van der Waals surface area contributed by atoms with E-state index in [9.17, 15) is 9.90 Å². The number of thiophene rings is 1. The van der Waals surface area contributed by atoms with E-state index in [0.717, 1.165) is 36.9 Å². The molecule has 6 heteroatoms. The summed E-state index contributed by atoms with van der Waals surface area (Å²) in [7, 11) is 0. The average Bonchev–Trinajstić information content (AvgIpc) is 2.85. The van der Waals surface area contributed by atoms with Crippen molar-refractivity contribution in [2.75, 3.05) is 10.6 Å². The maximum atomic E-state index is 11.6. The summed E-state index contributed by atoms with van der Waals surface area (Å²) in [5.41, 5.74) is 2.24. The van der Waals surface area contributed by atoms with E-state index >= 15 is 0 Å². The third-order valence-corrected chi connectivity index (χ3v) is 5.06. The Morgan fingerprint density at radius 1 is 1.14 bits per heavy atom. The zero-order valence-corrected chi connectivity index (χ0v) is 13.5. The molecule has 0 atom stereocenters. The molecular formula is C16H16N2O2S2. The zero-order chi connectivity index (χ0) is 15.5. The summed E-state index contributed by atoms with van der Waals surface area (Å²) in [4.78, 5) is 12.8. The van der Waals surface area contributed by atoms with E-state index in [-0.39, 0.29) is 0 Å². The van der Waals surface area contributed by atoms with Crippen LogP contribution in [0.2, 0.25) is 0 Å². The fourth-order valence-corrected chi connectivity index (χ4v) is 4.24. The summed E-state index contributed by atoms with van der Waals surface area (Å²) >= 11 is 6.81. The summed E-state index contributed by atoms with van der Waals surface area (Å²) < 4.78 is 0. The molecule has 0 aliphatic heterocycles. The van der Waals surface area contributed by atoms with Crippen LogP contribution in [0.1, 0.15) is 33.6 Å². The summed E-state index contributed by atoms with van der Waals surface area (Å²) in [5.74, 6) is -0.885. The first-order valence-electron chi connectivity index (χ1n) is 7.16. The molecule has 3 rings (SSSR count). The van der Waals surface area contributed by atoms with Gasteiger partial charge in [-0.2, -0.15) is 0 Å². The number of rotatable bonds is 3. The first kappa shape index (κ1) is 15.0. The van der Waals surface area contributed by atoms with Crippen molar-refractivity contribution in [3.63, 3.8) is 0 Å². The van der Waals surface area contributed by atoms with E-state index in [0.29, 0.717) is 15.7 Å². The van der Waals surface area contributed by atoms with Crippen molar-refractivity contribution in [3.05, 3.63) is 46.3 Å². The van der Waals surface area contributed by atoms with Crippen LogP contribution in [0.4, 0.5) is 10.7 Å². The van der Waals surface area contributed by atoms with E-state index in [1.54, 1.807) is 0 Å². The van der Waals surface area contributed by atoms with Crippen molar-refractivity contribution in [2.45, 2.75) is 25.7 Å². The quantitative estimate of drug-likeness (QED) is 0.738. The molecule has 1 aliphatic rings. The molecular weight excluding hydrogens is 316 g/mol. The average molecular weight is 332 g/mol. The molecule has 2 aromatic rings. The molecule has 114 valence electrons. The fourth-order valence-electron chi connectivity index (χ4n) is 2.67. The summed E-state index contributed by atoms with van der Waals surface area (Å²) in [6.45, 7) is 0. The second-order valence-electron chi connectivity index (χ2n) is 5.17. The zero-order valence-electron chi connectivity index (χ0n) is 11.9. The van der Waals surface area contributed by atoms with Crippen molar-refractivity contribution >= 4 is 45.3 Å². The third kappa shape index (κ3) is 3.13. The van der Waals surface area contributed by atoms with Gasteiger partial charge in [-0.25, -0.2) is 4.79 Å². The van der Waals surface area contributed by atoms with Gasteiger partial charge in [-0.3, -0.25) is 0 Å². The van der Waals surface area contributed by atoms with E-state index in [2.05, 4.69) is 10.6 Å². The minimum absolute atomic E-state index is 0.386. The number of para-hydroxylation sites is 1. The number of carbonyl (C=O) groups is 1. The number of thiocarbonyl (C=S) groups is 1. The number of hydrogen-bond donors (Lipinski definition) is 3. The smallest absolute Gasteiger partial charge is 0.339 e. The number of carboxylic acid groups (broad SMARTS) is 1. The van der Waals surface area contributed by atoms with Crippen LogP contribution < -0.4 is 10.6 Å². The van der Waals surface area contributed by atoms with Gasteiger partial charge in [0.25, 0.3) is 0 Å². The van der Waals surface area contributed by atoms with Gasteiger partial charge in [0, 0.05) is 10.6 Å². The topological polar surface area (TPSA) is 61.4 Å². The predicted octanol–water partition coefficient (Wildman–Crippen LogP) is 4.13. The lowest BCUT2D eigenvalue weighted by molar-refractivity contribution is 0.0697. The van der Waals surface area contributed by atoms with Crippen LogP contribution in [0, 0.1) is 0 Å². The Balaban J connectivity index is 1.81. The number of anilines is 2. The maximum absolute atomic E-state index is 11.6. The van der Waals surface area contributed by atoms with Crippen LogP contribution in [0.25, 0.3) is 0 Å². The molecule has 1 heterocycles. The molecule has 0 unspecified atom stereocenters. The molecule has 3 N–H and O–H groups in total. The summed E-state index contributed by atoms with van der Waals surface area (Å²) in [6, 6.07) is 9.57. The van der Waals surface area contributed by atoms with E-state index < -0.39 is 5.97 Å². The largest absolute Gasteiger partial charge is 0.478 e. The molecule has 1 aromatic carbocycles. The molecule has 0 fully saturated rings. The Labute approximate surface area is 138 Å². The first-order valence-corrected chi connectivity index (χ1v) is 8.38. The van der Waals surface area contributed by atoms with Crippen molar-refractivity contribution in [2.24, 2.45) is 0 Å². The molecule has 1 aromatic heterocycles. The highest BCUT2D eigenvalue weighted by atomic mass is 32.1. The number of aromatic carboxylic acids is 1. The molecule has 1 aliphatic carbocycles. The predicted molar refractivity (Wildman–Crippen MR) is 94.2 cm³/mol. The van der Waals surface area contributed by atoms with Crippen LogP contribution in [0.15, 0.2) is 30.3 Å². The number of aryl methyl sites for hydroxylation is 1. The number of hydrogen-bond acceptors (Lipinski definition) is 3. The SMILES string of the molecule is O=C(O)c1c(NC(=S)Nc2ccccc2)sc2c1CCCC2. The summed E-state index contributed by atoms with van der Waals surface area (Å²) in [5, 5.41) is 16.7. The highest BCUT2D eigenvalue weighted by Crippen LogP contribution is 2.38. The highest BCUT2D eigenvalue weighted by Gasteiger charge is 2.25. The lowest BCUT2D eigenvalue weighted by Crippen LogP contribution is -2.20. The third-order valence-electron chi connectivity index (χ3n) is 3.64. The number of benzene rings is 1. The van der Waals surface area contributed by atoms with E-state index in [4.69, 9.17) is 12.2 Å². The molecule has 0 bridgehead atoms. The monoisotopic (exact) mass is 332 g/mol. The van der Waals surface area contributed by atoms with Crippen LogP contribution in [-0.2, 0) is 12.8 Å². The van der Waals surface area contributed by atoms with Gasteiger partial charge in [0.2, 0.25) is 0 Å². The van der Waals surface area contributed by atoms with Gasteiger partial charge >= 0.3 is 5.97 Å². The van der Waals surface area contributed by atoms with Crippen molar-refractivity contribution < 1.29 is 9.90 Å². The van der Waals surface area contributed by atoms with Gasteiger partial charge in [-0.15, -0.1) is 11.3 Å². The Kier molecular flexibility index (Phi) is 4.40. The summed E-state index contributed by atoms with van der Waals surface area (Å²) in [6.07, 6.45) is 3.98. The second-order valence-corrected chi connectivity index (χ2v) is 6.68. The Morgan fingerprint density at radius 3 is 2.59 bits per heavy atom. The van der Waals surface area contributed by atoms with E-state index in [1.807, 2.05) is 30.3 Å². The Hall–Kier alpha value is -1.92. The van der Waals surface area contributed by atoms with Crippen molar-refractivity contribution in [3.8, 4) is 0 Å². The van der Waals surface area contributed by atoms with Crippen LogP contribution in [-0.4, -0.2) is 16.2 Å². The molecule has 0 radical (unpaired) electrons. The maximum Gasteiger partial charge on any atom is 0.339 e. The molecule has 22 heavy (non-hydrogen) atoms. The number of fused-ring (bicyclic) bond motifs is 1. The minimum Gasteiger partial charge on any atom is -0.478 e. The van der Waals surface area contributed by atoms with Crippen LogP contribution in [0.3, 0.4) is 0 Å². The van der Waals surface area contributed by atoms with Gasteiger partial charge in [-0.1, -0.05) is 18.2 Å². The molecule has 0 spiro atoms. The lowest BCUT2D eigenvalue weighted by atomic mass is 9.95. The van der Waals surface area contributed by atoms with Crippen molar-refractivity contribution in [1.29, 1.82) is 0 Å². The van der Waals surface area contributed by atoms with Crippen molar-refractivity contribution in [1.82, 2.24) is 0 Å². The van der Waals surface area contributed by atoms with Crippen LogP contribution in [0.5, 0.6) is 0 Å². The van der Waals surface area contributed by atoms with Gasteiger partial charge < -0.3 is 15.7 Å². The van der Waals surface area contributed by atoms with Gasteiger partial charge in [-0.05, 0) is 55.6 Å². The molecule has 4 nitrogen and oxygen atoms in total. The number of nitrogens with one attached hydrogen (secondary N) is 2. The highest BCUT2D eigenvalue weighted by molar-refractivity contribution is 7.80. The number of carboxylic acids is 1. The normalized spacial score (nSPS) is 13.3. The lowest BCUT2D eigenvalue weighted by Gasteiger charge is -2.11. The Bertz CT molecular complexity index is 710. The Morgan fingerprint density at radius 2 is 1.86 bits per heavy atom. The first-order chi connectivity index (χ1) is 10.6. The minimum atomic E-state index is -0.885. The fraction of sp³-hybridized carbons (Fsp3) is 0.250. The molecule has 0 saturated carbocycles. The van der Waals surface area contributed by atoms with E-state index in [1.165, 1.54) is 16.2 Å².